The van der Waals surface area contributed by atoms with Crippen molar-refractivity contribution in [3.05, 3.63) is 81.5 Å². The largest absolute Gasteiger partial charge is 0.478 e. The number of halogens is 6. The van der Waals surface area contributed by atoms with Crippen LogP contribution < -0.4 is 10.2 Å². The van der Waals surface area contributed by atoms with Crippen LogP contribution in [0.3, 0.4) is 0 Å². The predicted octanol–water partition coefficient (Wildman–Crippen LogP) is 5.44. The van der Waals surface area contributed by atoms with Crippen LogP contribution in [0.2, 0.25) is 0 Å². The maximum atomic E-state index is 13.9. The highest BCUT2D eigenvalue weighted by molar-refractivity contribution is 6.01. The van der Waals surface area contributed by atoms with Crippen molar-refractivity contribution in [3.8, 4) is 0 Å². The van der Waals surface area contributed by atoms with Gasteiger partial charge in [0, 0.05) is 13.1 Å². The van der Waals surface area contributed by atoms with Crippen molar-refractivity contribution in [3.63, 3.8) is 0 Å². The van der Waals surface area contributed by atoms with Crippen molar-refractivity contribution in [2.24, 2.45) is 0 Å². The number of aromatic carboxylic acids is 1. The number of hydrogen-bond acceptors (Lipinski definition) is 4. The number of anilines is 1. The number of carboxylic acids is 1. The van der Waals surface area contributed by atoms with Crippen molar-refractivity contribution in [2.75, 3.05) is 11.4 Å². The fraction of sp³-hybridized carbons (Fsp3) is 0.320. The van der Waals surface area contributed by atoms with Crippen molar-refractivity contribution in [1.29, 1.82) is 0 Å². The molecule has 2 N–H and O–H groups in total. The summed E-state index contributed by atoms with van der Waals surface area (Å²) in [6, 6.07) is 8.38. The van der Waals surface area contributed by atoms with E-state index < -0.39 is 47.1 Å². The van der Waals surface area contributed by atoms with Gasteiger partial charge in [-0.1, -0.05) is 24.3 Å². The number of benzene rings is 2. The van der Waals surface area contributed by atoms with Crippen LogP contribution in [0.4, 0.5) is 32.2 Å². The molecule has 0 bridgehead atoms. The second-order valence-electron chi connectivity index (χ2n) is 8.96. The average Bonchev–Trinajstić information content (AvgIpc) is 3.39. The van der Waals surface area contributed by atoms with Crippen LogP contribution in [0.1, 0.15) is 61.6 Å². The summed E-state index contributed by atoms with van der Waals surface area (Å²) in [4.78, 5) is 25.6. The average molecular weight is 540 g/mol. The normalized spacial score (nSPS) is 14.4. The van der Waals surface area contributed by atoms with Crippen LogP contribution >= 0.6 is 0 Å². The molecule has 202 valence electrons. The molecule has 13 heteroatoms. The van der Waals surface area contributed by atoms with Gasteiger partial charge in [-0.05, 0) is 48.7 Å². The molecule has 38 heavy (non-hydrogen) atoms. The van der Waals surface area contributed by atoms with E-state index in [1.807, 2.05) is 0 Å². The van der Waals surface area contributed by atoms with Crippen LogP contribution in [0.15, 0.2) is 42.5 Å². The highest BCUT2D eigenvalue weighted by atomic mass is 19.4. The SMILES string of the molecule is Cc1ccc(CN2CCn3nc(C(F)(F)F)c(C(=O)NC(C)c4ccc(C(=O)O)cc4)c32)cc1C(F)(F)F. The second-order valence-corrected chi connectivity index (χ2v) is 8.96. The third kappa shape index (κ3) is 5.31. The van der Waals surface area contributed by atoms with Gasteiger partial charge >= 0.3 is 18.3 Å². The molecule has 0 fully saturated rings. The summed E-state index contributed by atoms with van der Waals surface area (Å²) in [5, 5.41) is 15.1. The zero-order valence-corrected chi connectivity index (χ0v) is 20.1. The first-order valence-corrected chi connectivity index (χ1v) is 11.4. The predicted molar refractivity (Wildman–Crippen MR) is 124 cm³/mol. The summed E-state index contributed by atoms with van der Waals surface area (Å²) >= 11 is 0. The Morgan fingerprint density at radius 3 is 2.26 bits per heavy atom. The molecule has 0 aliphatic carbocycles. The van der Waals surface area contributed by atoms with Crippen LogP contribution in [0, 0.1) is 6.92 Å². The Hall–Kier alpha value is -4.03. The topological polar surface area (TPSA) is 87.5 Å². The quantitative estimate of drug-likeness (QED) is 0.407. The van der Waals surface area contributed by atoms with Gasteiger partial charge in [-0.3, -0.25) is 4.79 Å². The lowest BCUT2D eigenvalue weighted by Gasteiger charge is -2.22. The number of nitrogens with zero attached hydrogens (tertiary/aromatic N) is 3. The molecule has 1 aliphatic rings. The van der Waals surface area contributed by atoms with Crippen molar-refractivity contribution in [2.45, 2.75) is 45.3 Å². The minimum Gasteiger partial charge on any atom is -0.478 e. The van der Waals surface area contributed by atoms with E-state index in [1.54, 1.807) is 0 Å². The van der Waals surface area contributed by atoms with Gasteiger partial charge in [0.1, 0.15) is 11.4 Å². The third-order valence-electron chi connectivity index (χ3n) is 6.29. The van der Waals surface area contributed by atoms with E-state index in [9.17, 15) is 35.9 Å². The Bertz CT molecular complexity index is 1380. The minimum absolute atomic E-state index is 0.00140. The molecule has 1 unspecified atom stereocenters. The molecule has 2 aromatic carbocycles. The first kappa shape index (κ1) is 27.0. The van der Waals surface area contributed by atoms with Gasteiger partial charge in [-0.2, -0.15) is 31.4 Å². The summed E-state index contributed by atoms with van der Waals surface area (Å²) in [7, 11) is 0. The molecule has 0 saturated carbocycles. The maximum absolute atomic E-state index is 13.9. The fourth-order valence-corrected chi connectivity index (χ4v) is 4.37. The Morgan fingerprint density at radius 1 is 1.03 bits per heavy atom. The molecule has 0 radical (unpaired) electrons. The monoisotopic (exact) mass is 540 g/mol. The van der Waals surface area contributed by atoms with Gasteiger partial charge < -0.3 is 15.3 Å². The van der Waals surface area contributed by atoms with E-state index in [1.165, 1.54) is 55.1 Å². The lowest BCUT2D eigenvalue weighted by molar-refractivity contribution is -0.142. The number of nitrogens with one attached hydrogen (secondary N) is 1. The van der Waals surface area contributed by atoms with Gasteiger partial charge in [-0.15, -0.1) is 0 Å². The molecule has 0 spiro atoms. The van der Waals surface area contributed by atoms with E-state index in [0.29, 0.717) is 5.56 Å². The third-order valence-corrected chi connectivity index (χ3v) is 6.29. The first-order chi connectivity index (χ1) is 17.7. The summed E-state index contributed by atoms with van der Waals surface area (Å²) in [5.41, 5.74) is -2.30. The molecule has 2 heterocycles. The van der Waals surface area contributed by atoms with Crippen LogP contribution in [-0.4, -0.2) is 33.3 Å². The Labute approximate surface area is 212 Å². The van der Waals surface area contributed by atoms with Crippen LogP contribution in [0.25, 0.3) is 0 Å². The van der Waals surface area contributed by atoms with Gasteiger partial charge in [0.15, 0.2) is 5.69 Å². The fourth-order valence-electron chi connectivity index (χ4n) is 4.37. The Balaban J connectivity index is 1.66. The molecular weight excluding hydrogens is 518 g/mol. The van der Waals surface area contributed by atoms with Crippen molar-refractivity contribution in [1.82, 2.24) is 15.1 Å². The summed E-state index contributed by atoms with van der Waals surface area (Å²) in [6.45, 7) is 2.82. The zero-order chi connectivity index (χ0) is 28.0. The van der Waals surface area contributed by atoms with E-state index >= 15 is 0 Å². The molecule has 1 aromatic heterocycles. The van der Waals surface area contributed by atoms with Gasteiger partial charge in [0.05, 0.1) is 23.7 Å². The Morgan fingerprint density at radius 2 is 1.68 bits per heavy atom. The second kappa shape index (κ2) is 9.69. The molecule has 1 amide bonds. The smallest absolute Gasteiger partial charge is 0.436 e. The van der Waals surface area contributed by atoms with E-state index in [4.69, 9.17) is 5.11 Å². The Kier molecular flexibility index (Phi) is 6.89. The van der Waals surface area contributed by atoms with Crippen molar-refractivity contribution < 1.29 is 41.0 Å². The number of hydrogen-bond donors (Lipinski definition) is 2. The van der Waals surface area contributed by atoms with Gasteiger partial charge in [0.2, 0.25) is 0 Å². The first-order valence-electron chi connectivity index (χ1n) is 11.4. The number of amides is 1. The molecule has 1 aliphatic heterocycles. The summed E-state index contributed by atoms with van der Waals surface area (Å²) in [6.07, 6.45) is -9.56. The van der Waals surface area contributed by atoms with E-state index in [2.05, 4.69) is 10.4 Å². The highest BCUT2D eigenvalue weighted by Crippen LogP contribution is 2.39. The van der Waals surface area contributed by atoms with Gasteiger partial charge in [0.25, 0.3) is 5.91 Å². The highest BCUT2D eigenvalue weighted by Gasteiger charge is 2.44. The molecule has 4 rings (SSSR count). The minimum atomic E-state index is -4.96. The number of carbonyl (C=O) groups is 2. The number of aryl methyl sites for hydroxylation is 1. The van der Waals surface area contributed by atoms with Crippen LogP contribution in [-0.2, 0) is 25.4 Å². The number of fused-ring (bicyclic) bond motifs is 1. The lowest BCUT2D eigenvalue weighted by atomic mass is 10.0. The van der Waals surface area contributed by atoms with E-state index in [0.717, 1.165) is 10.7 Å². The maximum Gasteiger partial charge on any atom is 0.436 e. The molecular formula is C25H22F6N4O3. The number of alkyl halides is 6. The molecule has 3 aromatic rings. The van der Waals surface area contributed by atoms with Gasteiger partial charge in [-0.25, -0.2) is 9.48 Å². The number of rotatable bonds is 6. The molecule has 1 atom stereocenters. The lowest BCUT2D eigenvalue weighted by Crippen LogP contribution is -2.31. The zero-order valence-electron chi connectivity index (χ0n) is 20.1. The van der Waals surface area contributed by atoms with Crippen LogP contribution in [0.5, 0.6) is 0 Å². The molecule has 7 nitrogen and oxygen atoms in total. The number of carboxylic acid groups (broad SMARTS) is 1. The number of aromatic nitrogens is 2. The molecule has 0 saturated heterocycles. The van der Waals surface area contributed by atoms with Crippen molar-refractivity contribution >= 4 is 17.7 Å². The summed E-state index contributed by atoms with van der Waals surface area (Å²) in [5.74, 6) is -2.37. The van der Waals surface area contributed by atoms with E-state index in [-0.39, 0.29) is 42.1 Å². The standard InChI is InChI=1S/C25H22F6N4O3/c1-13-3-4-15(11-18(13)24(26,27)28)12-34-9-10-35-22(34)19(20(33-35)25(29,30)31)21(36)32-14(2)16-5-7-17(8-6-16)23(37)38/h3-8,11,14H,9-10,12H2,1-2H3,(H,32,36)(H,37,38). The summed E-state index contributed by atoms with van der Waals surface area (Å²) < 4.78 is 82.8. The number of carbonyl (C=O) groups excluding carboxylic acids is 1.